The number of amides is 2. The second-order valence-corrected chi connectivity index (χ2v) is 12.3. The number of ether oxygens (including phenoxy) is 3. The molecule has 0 aliphatic carbocycles. The summed E-state index contributed by atoms with van der Waals surface area (Å²) in [5, 5.41) is 25.5. The molecule has 0 radical (unpaired) electrons. The summed E-state index contributed by atoms with van der Waals surface area (Å²) in [6, 6.07) is 7.48. The molecule has 11 heteroatoms. The molecule has 0 saturated heterocycles. The maximum absolute atomic E-state index is 13.8. The van der Waals surface area contributed by atoms with E-state index in [0.717, 1.165) is 10.5 Å². The molecule has 0 N–H and O–H groups in total. The zero-order chi connectivity index (χ0) is 29.7. The highest BCUT2D eigenvalue weighted by atomic mass is 32.1. The van der Waals surface area contributed by atoms with Crippen LogP contribution in [0.4, 0.5) is 15.4 Å². The molecular weight excluding hydrogens is 532 g/mol. The van der Waals surface area contributed by atoms with Crippen LogP contribution in [0, 0.1) is 30.4 Å². The zero-order valence-electron chi connectivity index (χ0n) is 24.0. The third kappa shape index (κ3) is 5.02. The van der Waals surface area contributed by atoms with Crippen LogP contribution in [0.3, 0.4) is 0 Å². The summed E-state index contributed by atoms with van der Waals surface area (Å²) < 4.78 is 19.8. The fraction of sp³-hybridized carbons (Fsp3) is 0.379. The molecule has 3 aromatic heterocycles. The van der Waals surface area contributed by atoms with Crippen molar-refractivity contribution in [3.63, 3.8) is 0 Å². The van der Waals surface area contributed by atoms with Gasteiger partial charge in [-0.15, -0.1) is 11.3 Å². The highest BCUT2D eigenvalue weighted by Crippen LogP contribution is 2.43. The maximum atomic E-state index is 13.8. The Balaban J connectivity index is 2.26. The van der Waals surface area contributed by atoms with Crippen molar-refractivity contribution in [2.75, 3.05) is 12.0 Å². The van der Waals surface area contributed by atoms with Crippen LogP contribution in [-0.4, -0.2) is 35.1 Å². The van der Waals surface area contributed by atoms with E-state index >= 15 is 0 Å². The minimum atomic E-state index is -1.03. The van der Waals surface area contributed by atoms with Gasteiger partial charge >= 0.3 is 12.2 Å². The average molecular weight is 565 g/mol. The van der Waals surface area contributed by atoms with Crippen molar-refractivity contribution in [1.29, 1.82) is 5.26 Å². The Bertz CT molecular complexity index is 1670. The van der Waals surface area contributed by atoms with E-state index in [1.165, 1.54) is 17.5 Å². The number of imide groups is 1. The zero-order valence-corrected chi connectivity index (χ0v) is 24.8. The maximum Gasteiger partial charge on any atom is 0.425 e. The molecule has 3 heterocycles. The lowest BCUT2D eigenvalue weighted by Gasteiger charge is -2.30. The molecule has 0 unspecified atom stereocenters. The first-order valence-electron chi connectivity index (χ1n) is 12.6. The van der Waals surface area contributed by atoms with Crippen LogP contribution in [0.1, 0.15) is 58.2 Å². The van der Waals surface area contributed by atoms with Gasteiger partial charge in [0.1, 0.15) is 33.3 Å². The molecule has 10 nitrogen and oxygen atoms in total. The molecule has 2 amide bonds. The van der Waals surface area contributed by atoms with Gasteiger partial charge in [0.2, 0.25) is 5.52 Å². The summed E-state index contributed by atoms with van der Waals surface area (Å²) in [6.07, 6.45) is -0.772. The second-order valence-electron chi connectivity index (χ2n) is 11.4. The summed E-state index contributed by atoms with van der Waals surface area (Å²) in [7, 11) is 1.54. The highest BCUT2D eigenvalue weighted by Gasteiger charge is 2.40. The number of nitriles is 1. The number of carbonyl (C=O) groups excluding carboxylic acids is 2. The molecule has 210 valence electrons. The van der Waals surface area contributed by atoms with Crippen LogP contribution >= 0.6 is 11.3 Å². The Kier molecular flexibility index (Phi) is 7.19. The number of anilines is 1. The van der Waals surface area contributed by atoms with Gasteiger partial charge in [0.15, 0.2) is 12.0 Å². The summed E-state index contributed by atoms with van der Waals surface area (Å²) in [4.78, 5) is 28.3. The Morgan fingerprint density at radius 3 is 2.17 bits per heavy atom. The Morgan fingerprint density at radius 1 is 1.05 bits per heavy atom. The Labute approximate surface area is 236 Å². The fourth-order valence-electron chi connectivity index (χ4n) is 4.55. The van der Waals surface area contributed by atoms with Crippen LogP contribution in [0.2, 0.25) is 0 Å². The second kappa shape index (κ2) is 10.0. The first kappa shape index (κ1) is 28.7. The van der Waals surface area contributed by atoms with Gasteiger partial charge in [-0.1, -0.05) is 6.07 Å². The molecule has 0 aliphatic rings. The van der Waals surface area contributed by atoms with Crippen LogP contribution in [0.25, 0.3) is 26.8 Å². The summed E-state index contributed by atoms with van der Waals surface area (Å²) in [6.45, 7) is 13.7. The number of nitrogens with zero attached hydrogens (tertiary/aromatic N) is 4. The lowest BCUT2D eigenvalue weighted by atomic mass is 10.1. The van der Waals surface area contributed by atoms with Gasteiger partial charge in [-0.3, -0.25) is 4.57 Å². The number of rotatable bonds is 3. The minimum absolute atomic E-state index is 0.0618. The van der Waals surface area contributed by atoms with Crippen molar-refractivity contribution < 1.29 is 28.5 Å². The molecule has 0 atom stereocenters. The van der Waals surface area contributed by atoms with E-state index < -0.39 is 23.4 Å². The summed E-state index contributed by atoms with van der Waals surface area (Å²) >= 11 is 1.31. The molecule has 40 heavy (non-hydrogen) atoms. The van der Waals surface area contributed by atoms with Crippen molar-refractivity contribution in [1.82, 2.24) is 4.57 Å². The third-order valence-corrected chi connectivity index (χ3v) is 6.94. The Morgan fingerprint density at radius 2 is 1.65 bits per heavy atom. The van der Waals surface area contributed by atoms with Gasteiger partial charge in [-0.25, -0.2) is 9.59 Å². The lowest BCUT2D eigenvalue weighted by Crippen LogP contribution is -2.45. The standard InChI is InChI=1S/C29H32N4O6S/c1-16-10-11-21(37-9)17(2)22(16)32-23-19(15-31(36)20-12-13-40-24(20)23)18(14-30)25(32)33(26(34)38-28(3,4)5)27(35)39-29(6,7)8/h10-13,15H,1-9H3. The lowest BCUT2D eigenvalue weighted by molar-refractivity contribution is -0.575. The number of fused-ring (bicyclic) bond motifs is 3. The van der Waals surface area contributed by atoms with E-state index in [1.807, 2.05) is 26.0 Å². The number of carbonyl (C=O) groups is 2. The molecule has 0 saturated carbocycles. The number of thiophene rings is 1. The largest absolute Gasteiger partial charge is 0.618 e. The molecule has 1 aromatic carbocycles. The van der Waals surface area contributed by atoms with E-state index in [0.29, 0.717) is 37.5 Å². The van der Waals surface area contributed by atoms with E-state index in [9.17, 15) is 20.1 Å². The number of aryl methyl sites for hydroxylation is 1. The van der Waals surface area contributed by atoms with Gasteiger partial charge in [0.05, 0.1) is 23.7 Å². The first-order valence-corrected chi connectivity index (χ1v) is 13.5. The van der Waals surface area contributed by atoms with E-state index in [1.54, 1.807) is 64.7 Å². The molecule has 0 aliphatic heterocycles. The molecule has 0 bridgehead atoms. The van der Waals surface area contributed by atoms with Crippen LogP contribution in [0.5, 0.6) is 5.75 Å². The molecule has 0 fully saturated rings. The normalized spacial score (nSPS) is 11.9. The average Bonchev–Trinajstić information content (AvgIpc) is 3.41. The van der Waals surface area contributed by atoms with Crippen molar-refractivity contribution in [3.05, 3.63) is 51.7 Å². The number of benzene rings is 1. The predicted molar refractivity (Wildman–Crippen MR) is 153 cm³/mol. The first-order chi connectivity index (χ1) is 18.6. The number of methoxy groups -OCH3 is 1. The SMILES string of the molecule is COc1ccc(C)c(-n2c(N(C(=O)OC(C)(C)C)C(=O)OC(C)(C)C)c(C#N)c3c[n+]([O-])c4ccsc4c32)c1C. The van der Waals surface area contributed by atoms with Crippen molar-refractivity contribution in [2.24, 2.45) is 0 Å². The molecule has 4 rings (SSSR count). The van der Waals surface area contributed by atoms with Gasteiger partial charge in [0.25, 0.3) is 0 Å². The summed E-state index contributed by atoms with van der Waals surface area (Å²) in [5.41, 5.74) is 0.917. The molecule has 0 spiro atoms. The topological polar surface area (TPSA) is 121 Å². The molecular formula is C29H32N4O6S. The van der Waals surface area contributed by atoms with Gasteiger partial charge in [-0.05, 0) is 72.4 Å². The number of hydrogen-bond donors (Lipinski definition) is 0. The van der Waals surface area contributed by atoms with E-state index in [2.05, 4.69) is 6.07 Å². The van der Waals surface area contributed by atoms with Crippen molar-refractivity contribution >= 4 is 50.5 Å². The number of pyridine rings is 1. The monoisotopic (exact) mass is 564 g/mol. The van der Waals surface area contributed by atoms with Crippen molar-refractivity contribution in [3.8, 4) is 17.5 Å². The van der Waals surface area contributed by atoms with Crippen LogP contribution in [-0.2, 0) is 9.47 Å². The summed E-state index contributed by atoms with van der Waals surface area (Å²) in [5.74, 6) is 0.464. The Hall–Kier alpha value is -4.30. The van der Waals surface area contributed by atoms with Gasteiger partial charge < -0.3 is 19.4 Å². The van der Waals surface area contributed by atoms with E-state index in [4.69, 9.17) is 14.2 Å². The predicted octanol–water partition coefficient (Wildman–Crippen LogP) is 6.65. The van der Waals surface area contributed by atoms with Crippen LogP contribution < -0.4 is 14.4 Å². The van der Waals surface area contributed by atoms with Crippen LogP contribution in [0.15, 0.2) is 29.8 Å². The fourth-order valence-corrected chi connectivity index (χ4v) is 5.48. The number of hydrogen-bond acceptors (Lipinski definition) is 8. The molecule has 4 aromatic rings. The van der Waals surface area contributed by atoms with Crippen molar-refractivity contribution in [2.45, 2.75) is 66.6 Å². The minimum Gasteiger partial charge on any atom is -0.618 e. The van der Waals surface area contributed by atoms with E-state index in [-0.39, 0.29) is 16.8 Å². The quantitative estimate of drug-likeness (QED) is 0.202. The number of aromatic nitrogens is 2. The third-order valence-electron chi connectivity index (χ3n) is 6.03. The van der Waals surface area contributed by atoms with Gasteiger partial charge in [-0.2, -0.15) is 14.9 Å². The van der Waals surface area contributed by atoms with Gasteiger partial charge in [0, 0.05) is 11.6 Å². The smallest absolute Gasteiger partial charge is 0.425 e. The highest BCUT2D eigenvalue weighted by molar-refractivity contribution is 7.18.